The van der Waals surface area contributed by atoms with Crippen molar-refractivity contribution in [1.82, 2.24) is 0 Å². The zero-order valence-electron chi connectivity index (χ0n) is 13.2. The zero-order valence-corrected chi connectivity index (χ0v) is 15.0. The molecular weight excluding hydrogens is 308 g/mol. The SMILES string of the molecule is CC(C)O[Si]1(Cl)[C@H](c2ccccc2)CC[C@H]1c1ccccc1. The van der Waals surface area contributed by atoms with E-state index in [-0.39, 0.29) is 6.10 Å². The molecule has 0 unspecified atom stereocenters. The third-order valence-electron chi connectivity index (χ3n) is 4.51. The molecule has 0 amide bonds. The summed E-state index contributed by atoms with van der Waals surface area (Å²) in [6.45, 7) is 4.19. The molecule has 1 nitrogen and oxygen atoms in total. The molecule has 0 aromatic heterocycles. The Morgan fingerprint density at radius 2 is 1.27 bits per heavy atom. The largest absolute Gasteiger partial charge is 0.400 e. The fourth-order valence-electron chi connectivity index (χ4n) is 3.65. The van der Waals surface area contributed by atoms with Gasteiger partial charge in [0, 0.05) is 17.2 Å². The van der Waals surface area contributed by atoms with Crippen LogP contribution in [0.25, 0.3) is 0 Å². The van der Waals surface area contributed by atoms with Gasteiger partial charge in [-0.3, -0.25) is 0 Å². The molecule has 0 N–H and O–H groups in total. The zero-order chi connectivity index (χ0) is 15.6. The molecule has 3 heteroatoms. The molecule has 3 rings (SSSR count). The molecule has 0 bridgehead atoms. The van der Waals surface area contributed by atoms with Crippen molar-refractivity contribution in [3.8, 4) is 0 Å². The normalized spacial score (nSPS) is 23.8. The van der Waals surface area contributed by atoms with Crippen molar-refractivity contribution >= 4 is 18.7 Å². The van der Waals surface area contributed by atoms with E-state index in [1.807, 2.05) is 0 Å². The van der Waals surface area contributed by atoms with Gasteiger partial charge in [-0.05, 0) is 37.8 Å². The van der Waals surface area contributed by atoms with Crippen molar-refractivity contribution in [3.63, 3.8) is 0 Å². The van der Waals surface area contributed by atoms with Crippen molar-refractivity contribution in [2.24, 2.45) is 0 Å². The number of benzene rings is 2. The van der Waals surface area contributed by atoms with Gasteiger partial charge in [-0.25, -0.2) is 0 Å². The van der Waals surface area contributed by atoms with Crippen LogP contribution in [0.5, 0.6) is 0 Å². The predicted molar refractivity (Wildman–Crippen MR) is 95.4 cm³/mol. The van der Waals surface area contributed by atoms with Crippen LogP contribution in [-0.4, -0.2) is 13.7 Å². The summed E-state index contributed by atoms with van der Waals surface area (Å²) in [5.41, 5.74) is 3.40. The minimum absolute atomic E-state index is 0.166. The summed E-state index contributed by atoms with van der Waals surface area (Å²) in [5.74, 6) is 0. The number of halogens is 1. The third-order valence-corrected chi connectivity index (χ3v) is 10.3. The summed E-state index contributed by atoms with van der Waals surface area (Å²) in [4.78, 5) is 0. The topological polar surface area (TPSA) is 9.23 Å². The van der Waals surface area contributed by atoms with Crippen LogP contribution in [0.15, 0.2) is 60.7 Å². The van der Waals surface area contributed by atoms with Gasteiger partial charge in [0.25, 0.3) is 0 Å². The molecule has 0 aliphatic carbocycles. The molecule has 116 valence electrons. The van der Waals surface area contributed by atoms with E-state index in [4.69, 9.17) is 15.5 Å². The first kappa shape index (κ1) is 15.8. The van der Waals surface area contributed by atoms with Crippen molar-refractivity contribution in [2.75, 3.05) is 0 Å². The van der Waals surface area contributed by atoms with Crippen LogP contribution in [-0.2, 0) is 4.43 Å². The standard InChI is InChI=1S/C19H23ClOSi/c1-15(2)21-22(20)18(16-9-5-3-6-10-16)13-14-19(22)17-11-7-4-8-12-17/h3-12,15,18-19H,13-14H2,1-2H3/t18-,19-/m0/s1. The maximum Gasteiger partial charge on any atom is 0.305 e. The Hall–Kier alpha value is -1.09. The second kappa shape index (κ2) is 6.57. The summed E-state index contributed by atoms with van der Waals surface area (Å²) in [6, 6.07) is 21.3. The molecule has 2 aromatic carbocycles. The summed E-state index contributed by atoms with van der Waals surface area (Å²) in [6.07, 6.45) is 2.40. The number of hydrogen-bond donors (Lipinski definition) is 0. The number of hydrogen-bond acceptors (Lipinski definition) is 1. The molecule has 2 atom stereocenters. The first-order chi connectivity index (χ1) is 10.6. The fraction of sp³-hybridized carbons (Fsp3) is 0.368. The van der Waals surface area contributed by atoms with Gasteiger partial charge in [0.2, 0.25) is 0 Å². The molecule has 1 heterocycles. The predicted octanol–water partition coefficient (Wildman–Crippen LogP) is 5.53. The Labute approximate surface area is 139 Å². The summed E-state index contributed by atoms with van der Waals surface area (Å²) in [5, 5.41) is 0. The van der Waals surface area contributed by atoms with Crippen molar-refractivity contribution in [3.05, 3.63) is 71.8 Å². The third kappa shape index (κ3) is 3.01. The lowest BCUT2D eigenvalue weighted by Crippen LogP contribution is -2.43. The van der Waals surface area contributed by atoms with E-state index in [1.165, 1.54) is 11.1 Å². The fourth-order valence-corrected chi connectivity index (χ4v) is 9.55. The molecule has 0 radical (unpaired) electrons. The first-order valence-corrected chi connectivity index (χ1v) is 11.2. The molecule has 1 fully saturated rings. The Bertz CT molecular complexity index is 552. The van der Waals surface area contributed by atoms with Gasteiger partial charge in [-0.15, -0.1) is 11.1 Å². The van der Waals surface area contributed by atoms with Gasteiger partial charge in [-0.2, -0.15) is 0 Å². The van der Waals surface area contributed by atoms with E-state index in [2.05, 4.69) is 74.5 Å². The molecule has 1 aliphatic rings. The summed E-state index contributed by atoms with van der Waals surface area (Å²) >= 11 is 7.28. The maximum absolute atomic E-state index is 7.28. The van der Waals surface area contributed by atoms with E-state index in [0.29, 0.717) is 11.1 Å². The Morgan fingerprint density at radius 3 is 1.64 bits per heavy atom. The lowest BCUT2D eigenvalue weighted by molar-refractivity contribution is 0.230. The highest BCUT2D eigenvalue weighted by Crippen LogP contribution is 2.52. The lowest BCUT2D eigenvalue weighted by Gasteiger charge is -2.34. The highest BCUT2D eigenvalue weighted by molar-refractivity contribution is 7.18. The Kier molecular flexibility index (Phi) is 4.72. The van der Waals surface area contributed by atoms with E-state index in [0.717, 1.165) is 12.8 Å². The molecule has 2 aromatic rings. The molecular formula is C19H23ClOSi. The van der Waals surface area contributed by atoms with Gasteiger partial charge >= 0.3 is 7.63 Å². The van der Waals surface area contributed by atoms with Gasteiger partial charge in [0.15, 0.2) is 0 Å². The van der Waals surface area contributed by atoms with Crippen molar-refractivity contribution < 1.29 is 4.43 Å². The number of rotatable bonds is 4. The minimum atomic E-state index is -2.42. The highest BCUT2D eigenvalue weighted by atomic mass is 35.6. The molecule has 1 aliphatic heterocycles. The van der Waals surface area contributed by atoms with E-state index < -0.39 is 7.63 Å². The van der Waals surface area contributed by atoms with Crippen LogP contribution >= 0.6 is 11.1 Å². The van der Waals surface area contributed by atoms with Crippen molar-refractivity contribution in [2.45, 2.75) is 43.9 Å². The average Bonchev–Trinajstić information content (AvgIpc) is 2.85. The van der Waals surface area contributed by atoms with Gasteiger partial charge in [-0.1, -0.05) is 60.7 Å². The van der Waals surface area contributed by atoms with E-state index in [9.17, 15) is 0 Å². The van der Waals surface area contributed by atoms with Crippen LogP contribution in [0.1, 0.15) is 48.9 Å². The smallest absolute Gasteiger partial charge is 0.305 e. The van der Waals surface area contributed by atoms with Gasteiger partial charge in [0.1, 0.15) is 0 Å². The second-order valence-electron chi connectivity index (χ2n) is 6.37. The van der Waals surface area contributed by atoms with Crippen LogP contribution in [0.3, 0.4) is 0 Å². The van der Waals surface area contributed by atoms with Crippen LogP contribution < -0.4 is 0 Å². The monoisotopic (exact) mass is 330 g/mol. The highest BCUT2D eigenvalue weighted by Gasteiger charge is 2.55. The van der Waals surface area contributed by atoms with Crippen LogP contribution in [0, 0.1) is 0 Å². The Morgan fingerprint density at radius 1 is 0.864 bits per heavy atom. The second-order valence-corrected chi connectivity index (χ2v) is 11.2. The van der Waals surface area contributed by atoms with Gasteiger partial charge < -0.3 is 4.43 Å². The lowest BCUT2D eigenvalue weighted by atomic mass is 10.0. The summed E-state index contributed by atoms with van der Waals surface area (Å²) < 4.78 is 6.44. The first-order valence-electron chi connectivity index (χ1n) is 8.08. The molecule has 1 saturated heterocycles. The van der Waals surface area contributed by atoms with E-state index >= 15 is 0 Å². The molecule has 22 heavy (non-hydrogen) atoms. The minimum Gasteiger partial charge on any atom is -0.400 e. The van der Waals surface area contributed by atoms with Crippen LogP contribution in [0.2, 0.25) is 0 Å². The van der Waals surface area contributed by atoms with Crippen molar-refractivity contribution in [1.29, 1.82) is 0 Å². The van der Waals surface area contributed by atoms with Gasteiger partial charge in [0.05, 0.1) is 0 Å². The quantitative estimate of drug-likeness (QED) is 0.529. The van der Waals surface area contributed by atoms with Crippen LogP contribution in [0.4, 0.5) is 0 Å². The Balaban J connectivity index is 1.99. The van der Waals surface area contributed by atoms with E-state index in [1.54, 1.807) is 0 Å². The molecule has 0 saturated carbocycles. The molecule has 0 spiro atoms. The maximum atomic E-state index is 7.28. The average molecular weight is 331 g/mol. The summed E-state index contributed by atoms with van der Waals surface area (Å²) in [7, 11) is -2.42.